The molecule has 5 nitrogen and oxygen atoms in total. The highest BCUT2D eigenvalue weighted by Gasteiger charge is 2.09. The fourth-order valence-electron chi connectivity index (χ4n) is 1.99. The molecule has 0 aliphatic heterocycles. The normalized spacial score (nSPS) is 10.5. The number of para-hydroxylation sites is 1. The Hall–Kier alpha value is -2.67. The monoisotopic (exact) mass is 332 g/mol. The third kappa shape index (κ3) is 3.57. The van der Waals surface area contributed by atoms with E-state index in [1.807, 2.05) is 24.3 Å². The lowest BCUT2D eigenvalue weighted by Crippen LogP contribution is -2.11. The van der Waals surface area contributed by atoms with Gasteiger partial charge in [0.2, 0.25) is 0 Å². The van der Waals surface area contributed by atoms with Crippen molar-refractivity contribution in [2.45, 2.75) is 6.61 Å². The van der Waals surface area contributed by atoms with Crippen LogP contribution in [-0.2, 0) is 11.3 Å². The van der Waals surface area contributed by atoms with E-state index in [0.29, 0.717) is 5.69 Å². The van der Waals surface area contributed by atoms with E-state index in [9.17, 15) is 9.18 Å². The molecule has 118 valence electrons. The van der Waals surface area contributed by atoms with Crippen molar-refractivity contribution in [3.8, 4) is 5.75 Å². The number of rotatable bonds is 4. The summed E-state index contributed by atoms with van der Waals surface area (Å²) in [5.41, 5.74) is 1.19. The molecule has 3 rings (SSSR count). The second-order valence-corrected chi connectivity index (χ2v) is 5.74. The number of carbonyl (C=O) groups is 1. The van der Waals surface area contributed by atoms with Gasteiger partial charge in [-0.05, 0) is 24.3 Å². The number of methoxy groups -OCH3 is 1. The summed E-state index contributed by atoms with van der Waals surface area (Å²) in [5, 5.41) is 3.15. The second kappa shape index (κ2) is 6.62. The number of halogens is 1. The summed E-state index contributed by atoms with van der Waals surface area (Å²) >= 11 is 1.50. The van der Waals surface area contributed by atoms with Crippen LogP contribution in [0.1, 0.15) is 5.01 Å². The van der Waals surface area contributed by atoms with Gasteiger partial charge < -0.3 is 9.47 Å². The summed E-state index contributed by atoms with van der Waals surface area (Å²) in [5.74, 6) is -0.473. The minimum atomic E-state index is -0.660. The van der Waals surface area contributed by atoms with Crippen LogP contribution in [0.5, 0.6) is 5.75 Å². The molecule has 0 saturated carbocycles. The van der Waals surface area contributed by atoms with Gasteiger partial charge in [0.1, 0.15) is 11.6 Å². The number of carbonyl (C=O) groups excluding carboxylic acids is 1. The molecule has 2 aromatic carbocycles. The number of aromatic nitrogens is 1. The summed E-state index contributed by atoms with van der Waals surface area (Å²) in [6.07, 6.45) is -0.660. The first kappa shape index (κ1) is 15.2. The number of nitrogens with zero attached hydrogens (tertiary/aromatic N) is 1. The highest BCUT2D eigenvalue weighted by atomic mass is 32.1. The summed E-state index contributed by atoms with van der Waals surface area (Å²) < 4.78 is 25.0. The van der Waals surface area contributed by atoms with Crippen molar-refractivity contribution in [2.24, 2.45) is 0 Å². The SMILES string of the molecule is COC(=O)Nc1ccc(OCc2nc3ccccc3s2)c(F)c1. The van der Waals surface area contributed by atoms with E-state index < -0.39 is 11.9 Å². The number of fused-ring (bicyclic) bond motifs is 1. The number of benzene rings is 2. The van der Waals surface area contributed by atoms with Crippen LogP contribution in [0, 0.1) is 5.82 Å². The van der Waals surface area contributed by atoms with Gasteiger partial charge >= 0.3 is 6.09 Å². The van der Waals surface area contributed by atoms with E-state index >= 15 is 0 Å². The average molecular weight is 332 g/mol. The summed E-state index contributed by atoms with van der Waals surface area (Å²) in [6.45, 7) is 0.181. The van der Waals surface area contributed by atoms with Crippen LogP contribution >= 0.6 is 11.3 Å². The van der Waals surface area contributed by atoms with Gasteiger partial charge in [0.05, 0.1) is 17.3 Å². The zero-order chi connectivity index (χ0) is 16.2. The first-order valence-electron chi connectivity index (χ1n) is 6.77. The van der Waals surface area contributed by atoms with Crippen LogP contribution in [-0.4, -0.2) is 18.2 Å². The standard InChI is InChI=1S/C16H13FN2O3S/c1-21-16(20)18-10-6-7-13(11(17)8-10)22-9-15-19-12-4-2-3-5-14(12)23-15/h2-8H,9H2,1H3,(H,18,20). The molecule has 0 saturated heterocycles. The van der Waals surface area contributed by atoms with Crippen LogP contribution < -0.4 is 10.1 Å². The van der Waals surface area contributed by atoms with Crippen molar-refractivity contribution in [3.63, 3.8) is 0 Å². The summed E-state index contributed by atoms with van der Waals surface area (Å²) in [7, 11) is 1.24. The topological polar surface area (TPSA) is 60.5 Å². The zero-order valence-corrected chi connectivity index (χ0v) is 13.0. The van der Waals surface area contributed by atoms with Crippen LogP contribution in [0.15, 0.2) is 42.5 Å². The lowest BCUT2D eigenvalue weighted by atomic mass is 10.3. The van der Waals surface area contributed by atoms with Crippen LogP contribution in [0.25, 0.3) is 10.2 Å². The first-order chi connectivity index (χ1) is 11.2. The van der Waals surface area contributed by atoms with Crippen LogP contribution in [0.4, 0.5) is 14.9 Å². The molecule has 7 heteroatoms. The van der Waals surface area contributed by atoms with Crippen LogP contribution in [0.2, 0.25) is 0 Å². The lowest BCUT2D eigenvalue weighted by molar-refractivity contribution is 0.187. The highest BCUT2D eigenvalue weighted by Crippen LogP contribution is 2.25. The fraction of sp³-hybridized carbons (Fsp3) is 0.125. The van der Waals surface area contributed by atoms with Crippen molar-refractivity contribution in [1.29, 1.82) is 0 Å². The van der Waals surface area contributed by atoms with Crippen LogP contribution in [0.3, 0.4) is 0 Å². The molecule has 0 fully saturated rings. The van der Waals surface area contributed by atoms with Gasteiger partial charge in [-0.2, -0.15) is 0 Å². The number of anilines is 1. The summed E-state index contributed by atoms with van der Waals surface area (Å²) in [4.78, 5) is 15.5. The molecule has 1 aromatic heterocycles. The quantitative estimate of drug-likeness (QED) is 0.778. The maximum Gasteiger partial charge on any atom is 0.411 e. The van der Waals surface area contributed by atoms with Crippen molar-refractivity contribution >= 4 is 33.3 Å². The zero-order valence-electron chi connectivity index (χ0n) is 12.2. The number of hydrogen-bond donors (Lipinski definition) is 1. The number of ether oxygens (including phenoxy) is 2. The van der Waals surface area contributed by atoms with E-state index in [4.69, 9.17) is 4.74 Å². The lowest BCUT2D eigenvalue weighted by Gasteiger charge is -2.08. The Morgan fingerprint density at radius 2 is 2.13 bits per heavy atom. The molecule has 0 spiro atoms. The van der Waals surface area contributed by atoms with Crippen molar-refractivity contribution in [1.82, 2.24) is 4.98 Å². The maximum absolute atomic E-state index is 14.0. The summed E-state index contributed by atoms with van der Waals surface area (Å²) in [6, 6.07) is 11.9. The minimum absolute atomic E-state index is 0.0969. The van der Waals surface area contributed by atoms with E-state index in [-0.39, 0.29) is 12.4 Å². The third-order valence-electron chi connectivity index (χ3n) is 3.05. The van der Waals surface area contributed by atoms with Gasteiger partial charge in [-0.3, -0.25) is 5.32 Å². The van der Waals surface area contributed by atoms with Gasteiger partial charge in [0.25, 0.3) is 0 Å². The first-order valence-corrected chi connectivity index (χ1v) is 7.59. The van der Waals surface area contributed by atoms with Gasteiger partial charge in [0.15, 0.2) is 11.6 Å². The van der Waals surface area contributed by atoms with Gasteiger partial charge in [-0.1, -0.05) is 12.1 Å². The average Bonchev–Trinajstić information content (AvgIpc) is 2.96. The molecule has 1 N–H and O–H groups in total. The molecular formula is C16H13FN2O3S. The molecule has 0 bridgehead atoms. The highest BCUT2D eigenvalue weighted by molar-refractivity contribution is 7.18. The molecule has 0 atom stereocenters. The van der Waals surface area contributed by atoms with Crippen molar-refractivity contribution < 1.29 is 18.7 Å². The third-order valence-corrected chi connectivity index (χ3v) is 4.06. The molecule has 23 heavy (non-hydrogen) atoms. The van der Waals surface area contributed by atoms with E-state index in [2.05, 4.69) is 15.0 Å². The Morgan fingerprint density at radius 3 is 2.87 bits per heavy atom. The van der Waals surface area contributed by atoms with E-state index in [1.165, 1.54) is 36.6 Å². The van der Waals surface area contributed by atoms with Crippen molar-refractivity contribution in [3.05, 3.63) is 53.3 Å². The Bertz CT molecular complexity index is 817. The largest absolute Gasteiger partial charge is 0.483 e. The minimum Gasteiger partial charge on any atom is -0.483 e. The van der Waals surface area contributed by atoms with Gasteiger partial charge in [-0.25, -0.2) is 14.2 Å². The Morgan fingerprint density at radius 1 is 1.30 bits per heavy atom. The van der Waals surface area contributed by atoms with Gasteiger partial charge in [-0.15, -0.1) is 11.3 Å². The molecular weight excluding hydrogens is 319 g/mol. The smallest absolute Gasteiger partial charge is 0.411 e. The molecule has 0 aliphatic rings. The fourth-order valence-corrected chi connectivity index (χ4v) is 2.87. The Balaban J connectivity index is 1.69. The molecule has 1 heterocycles. The number of nitrogens with one attached hydrogen (secondary N) is 1. The molecule has 3 aromatic rings. The van der Waals surface area contributed by atoms with E-state index in [1.54, 1.807) is 0 Å². The van der Waals surface area contributed by atoms with Gasteiger partial charge in [0, 0.05) is 11.8 Å². The molecule has 1 amide bonds. The van der Waals surface area contributed by atoms with E-state index in [0.717, 1.165) is 15.2 Å². The predicted octanol–water partition coefficient (Wildman–Crippen LogP) is 4.19. The Kier molecular flexibility index (Phi) is 4.38. The molecule has 0 aliphatic carbocycles. The number of thiazole rings is 1. The van der Waals surface area contributed by atoms with Crippen molar-refractivity contribution in [2.75, 3.05) is 12.4 Å². The predicted molar refractivity (Wildman–Crippen MR) is 86.4 cm³/mol. The maximum atomic E-state index is 14.0. The number of amides is 1. The molecule has 0 radical (unpaired) electrons. The second-order valence-electron chi connectivity index (χ2n) is 4.63. The number of hydrogen-bond acceptors (Lipinski definition) is 5. The molecule has 0 unspecified atom stereocenters. The Labute approximate surface area is 135 Å².